The SMILES string of the molecule is O=C(NCCCc1ccco1)C1CC(c2ccccn2)NN1. The molecule has 3 N–H and O–H groups in total. The van der Waals surface area contributed by atoms with E-state index < -0.39 is 0 Å². The fraction of sp³-hybridized carbons (Fsp3) is 0.375. The number of carbonyl (C=O) groups is 1. The van der Waals surface area contributed by atoms with Crippen molar-refractivity contribution in [3.05, 3.63) is 54.2 Å². The van der Waals surface area contributed by atoms with Crippen molar-refractivity contribution in [1.29, 1.82) is 0 Å². The summed E-state index contributed by atoms with van der Waals surface area (Å²) in [6.07, 6.45) is 5.82. The number of hydrogen-bond donors (Lipinski definition) is 3. The fourth-order valence-electron chi connectivity index (χ4n) is 2.56. The van der Waals surface area contributed by atoms with Crippen molar-refractivity contribution in [2.24, 2.45) is 0 Å². The number of aryl methyl sites for hydroxylation is 1. The van der Waals surface area contributed by atoms with Crippen LogP contribution in [0.25, 0.3) is 0 Å². The second-order valence-corrected chi connectivity index (χ2v) is 5.36. The van der Waals surface area contributed by atoms with Gasteiger partial charge in [-0.05, 0) is 37.1 Å². The highest BCUT2D eigenvalue weighted by Gasteiger charge is 2.30. The molecule has 6 nitrogen and oxygen atoms in total. The van der Waals surface area contributed by atoms with Crippen LogP contribution in [-0.2, 0) is 11.2 Å². The number of nitrogens with one attached hydrogen (secondary N) is 3. The lowest BCUT2D eigenvalue weighted by molar-refractivity contribution is -0.122. The van der Waals surface area contributed by atoms with Crippen LogP contribution in [0.2, 0.25) is 0 Å². The Morgan fingerprint density at radius 1 is 1.32 bits per heavy atom. The smallest absolute Gasteiger partial charge is 0.238 e. The van der Waals surface area contributed by atoms with Gasteiger partial charge in [-0.25, -0.2) is 10.9 Å². The number of hydrogen-bond acceptors (Lipinski definition) is 5. The molecular formula is C16H20N4O2. The molecule has 2 atom stereocenters. The normalized spacial score (nSPS) is 20.9. The number of rotatable bonds is 6. The van der Waals surface area contributed by atoms with Gasteiger partial charge in [0.15, 0.2) is 0 Å². The monoisotopic (exact) mass is 300 g/mol. The number of hydrazine groups is 1. The molecule has 0 radical (unpaired) electrons. The highest BCUT2D eigenvalue weighted by Crippen LogP contribution is 2.19. The summed E-state index contributed by atoms with van der Waals surface area (Å²) in [5.41, 5.74) is 7.11. The fourth-order valence-corrected chi connectivity index (χ4v) is 2.56. The molecule has 2 unspecified atom stereocenters. The van der Waals surface area contributed by atoms with Gasteiger partial charge in [-0.1, -0.05) is 6.07 Å². The Kier molecular flexibility index (Phi) is 4.82. The average molecular weight is 300 g/mol. The first kappa shape index (κ1) is 14.7. The largest absolute Gasteiger partial charge is 0.469 e. The second-order valence-electron chi connectivity index (χ2n) is 5.36. The second kappa shape index (κ2) is 7.20. The molecule has 22 heavy (non-hydrogen) atoms. The quantitative estimate of drug-likeness (QED) is 0.702. The minimum atomic E-state index is -0.226. The van der Waals surface area contributed by atoms with Gasteiger partial charge < -0.3 is 9.73 Å². The first-order valence-corrected chi connectivity index (χ1v) is 7.55. The molecule has 1 amide bonds. The van der Waals surface area contributed by atoms with Crippen LogP contribution < -0.4 is 16.2 Å². The Balaban J connectivity index is 1.40. The predicted molar refractivity (Wildman–Crippen MR) is 81.7 cm³/mol. The molecule has 6 heteroatoms. The number of nitrogens with zero attached hydrogens (tertiary/aromatic N) is 1. The van der Waals surface area contributed by atoms with Gasteiger partial charge in [0.25, 0.3) is 0 Å². The van der Waals surface area contributed by atoms with Crippen LogP contribution in [0, 0.1) is 0 Å². The molecule has 0 aliphatic carbocycles. The van der Waals surface area contributed by atoms with Gasteiger partial charge >= 0.3 is 0 Å². The molecular weight excluding hydrogens is 280 g/mol. The van der Waals surface area contributed by atoms with E-state index in [1.807, 2.05) is 30.3 Å². The lowest BCUT2D eigenvalue weighted by atomic mass is 10.1. The van der Waals surface area contributed by atoms with E-state index in [1.165, 1.54) is 0 Å². The van der Waals surface area contributed by atoms with Gasteiger partial charge in [0.1, 0.15) is 11.8 Å². The van der Waals surface area contributed by atoms with E-state index >= 15 is 0 Å². The summed E-state index contributed by atoms with van der Waals surface area (Å²) in [7, 11) is 0. The van der Waals surface area contributed by atoms with Gasteiger partial charge in [-0.2, -0.15) is 0 Å². The third-order valence-electron chi connectivity index (χ3n) is 3.74. The van der Waals surface area contributed by atoms with Gasteiger partial charge in [0, 0.05) is 19.2 Å². The van der Waals surface area contributed by atoms with E-state index in [2.05, 4.69) is 21.2 Å². The number of carbonyl (C=O) groups excluding carboxylic acids is 1. The Bertz CT molecular complexity index is 585. The van der Waals surface area contributed by atoms with Crippen molar-refractivity contribution in [1.82, 2.24) is 21.2 Å². The summed E-state index contributed by atoms with van der Waals surface area (Å²) in [4.78, 5) is 16.4. The molecule has 2 aromatic heterocycles. The van der Waals surface area contributed by atoms with E-state index in [0.717, 1.165) is 24.3 Å². The Hall–Kier alpha value is -2.18. The number of pyridine rings is 1. The van der Waals surface area contributed by atoms with Crippen molar-refractivity contribution in [2.45, 2.75) is 31.3 Å². The van der Waals surface area contributed by atoms with Crippen molar-refractivity contribution in [2.75, 3.05) is 6.54 Å². The van der Waals surface area contributed by atoms with Crippen LogP contribution in [0.5, 0.6) is 0 Å². The van der Waals surface area contributed by atoms with Gasteiger partial charge in [0.2, 0.25) is 5.91 Å². The molecule has 3 rings (SSSR count). The van der Waals surface area contributed by atoms with Crippen LogP contribution in [0.4, 0.5) is 0 Å². The molecule has 116 valence electrons. The molecule has 2 aromatic rings. The molecule has 1 saturated heterocycles. The maximum Gasteiger partial charge on any atom is 0.238 e. The summed E-state index contributed by atoms with van der Waals surface area (Å²) in [6.45, 7) is 0.645. The molecule has 1 fully saturated rings. The highest BCUT2D eigenvalue weighted by molar-refractivity contribution is 5.82. The zero-order chi connectivity index (χ0) is 15.2. The first-order valence-electron chi connectivity index (χ1n) is 7.55. The summed E-state index contributed by atoms with van der Waals surface area (Å²) in [5, 5.41) is 2.96. The molecule has 0 saturated carbocycles. The molecule has 0 bridgehead atoms. The van der Waals surface area contributed by atoms with E-state index in [9.17, 15) is 4.79 Å². The van der Waals surface area contributed by atoms with E-state index in [0.29, 0.717) is 13.0 Å². The maximum absolute atomic E-state index is 12.1. The molecule has 0 aromatic carbocycles. The summed E-state index contributed by atoms with van der Waals surface area (Å²) < 4.78 is 5.26. The summed E-state index contributed by atoms with van der Waals surface area (Å²) in [6, 6.07) is 9.46. The van der Waals surface area contributed by atoms with E-state index in [4.69, 9.17) is 4.42 Å². The summed E-state index contributed by atoms with van der Waals surface area (Å²) >= 11 is 0. The highest BCUT2D eigenvalue weighted by atomic mass is 16.3. The lowest BCUT2D eigenvalue weighted by Crippen LogP contribution is -2.43. The molecule has 1 aliphatic rings. The summed E-state index contributed by atoms with van der Waals surface area (Å²) in [5.74, 6) is 0.968. The number of amides is 1. The lowest BCUT2D eigenvalue weighted by Gasteiger charge is -2.10. The molecule has 0 spiro atoms. The Morgan fingerprint density at radius 3 is 3.05 bits per heavy atom. The van der Waals surface area contributed by atoms with Crippen molar-refractivity contribution in [3.63, 3.8) is 0 Å². The standard InChI is InChI=1S/C16H20N4O2/c21-16(18-9-3-5-12-6-4-10-22-12)15-11-14(19-20-15)13-7-1-2-8-17-13/h1-2,4,6-8,10,14-15,19-20H,3,5,9,11H2,(H,18,21). The minimum Gasteiger partial charge on any atom is -0.469 e. The topological polar surface area (TPSA) is 79.2 Å². The van der Waals surface area contributed by atoms with Crippen molar-refractivity contribution in [3.8, 4) is 0 Å². The van der Waals surface area contributed by atoms with Crippen LogP contribution in [0.3, 0.4) is 0 Å². The Labute approximate surface area is 129 Å². The van der Waals surface area contributed by atoms with Gasteiger partial charge in [-0.15, -0.1) is 0 Å². The Morgan fingerprint density at radius 2 is 2.27 bits per heavy atom. The van der Waals surface area contributed by atoms with Crippen molar-refractivity contribution >= 4 is 5.91 Å². The third-order valence-corrected chi connectivity index (χ3v) is 3.74. The molecule has 1 aliphatic heterocycles. The van der Waals surface area contributed by atoms with Gasteiger partial charge in [0.05, 0.1) is 18.0 Å². The first-order chi connectivity index (χ1) is 10.8. The zero-order valence-corrected chi connectivity index (χ0v) is 12.3. The van der Waals surface area contributed by atoms with Crippen LogP contribution in [-0.4, -0.2) is 23.5 Å². The number of aromatic nitrogens is 1. The van der Waals surface area contributed by atoms with Crippen LogP contribution in [0.1, 0.15) is 30.3 Å². The molecule has 3 heterocycles. The van der Waals surface area contributed by atoms with Crippen LogP contribution >= 0.6 is 0 Å². The van der Waals surface area contributed by atoms with Gasteiger partial charge in [-0.3, -0.25) is 9.78 Å². The number of furan rings is 1. The minimum absolute atomic E-state index is 0.0189. The zero-order valence-electron chi connectivity index (χ0n) is 12.3. The van der Waals surface area contributed by atoms with Crippen molar-refractivity contribution < 1.29 is 9.21 Å². The third kappa shape index (κ3) is 3.72. The predicted octanol–water partition coefficient (Wildman–Crippen LogP) is 1.33. The van der Waals surface area contributed by atoms with E-state index in [1.54, 1.807) is 12.5 Å². The van der Waals surface area contributed by atoms with Crippen LogP contribution in [0.15, 0.2) is 47.2 Å². The average Bonchev–Trinajstić information content (AvgIpc) is 3.24. The van der Waals surface area contributed by atoms with E-state index in [-0.39, 0.29) is 18.0 Å². The maximum atomic E-state index is 12.1.